The van der Waals surface area contributed by atoms with E-state index in [-0.39, 0.29) is 6.04 Å². The summed E-state index contributed by atoms with van der Waals surface area (Å²) >= 11 is 2.40. The first-order valence-electron chi connectivity index (χ1n) is 8.81. The Morgan fingerprint density at radius 3 is 2.24 bits per heavy atom. The molecule has 0 atom stereocenters. The van der Waals surface area contributed by atoms with Gasteiger partial charge in [-0.25, -0.2) is 0 Å². The summed E-state index contributed by atoms with van der Waals surface area (Å²) in [6.07, 6.45) is 4.06. The lowest BCUT2D eigenvalue weighted by molar-refractivity contribution is 0.124. The van der Waals surface area contributed by atoms with Crippen molar-refractivity contribution in [2.24, 2.45) is 34.4 Å². The van der Waals surface area contributed by atoms with Gasteiger partial charge >= 0.3 is 0 Å². The largest absolute Gasteiger partial charge is 0.313 e. The number of nitrogens with one attached hydrogen (secondary N) is 1. The number of hydrogen-bond acceptors (Lipinski definition) is 7. The highest BCUT2D eigenvalue weighted by molar-refractivity contribution is 14.1. The van der Waals surface area contributed by atoms with Crippen LogP contribution in [-0.2, 0) is 6.42 Å². The highest BCUT2D eigenvalue weighted by atomic mass is 127. The van der Waals surface area contributed by atoms with Gasteiger partial charge in [0.1, 0.15) is 5.66 Å². The Labute approximate surface area is 163 Å². The first kappa shape index (κ1) is 21.0. The molecule has 25 heavy (non-hydrogen) atoms. The molecule has 1 saturated carbocycles. The third-order valence-corrected chi connectivity index (χ3v) is 6.41. The zero-order valence-corrected chi connectivity index (χ0v) is 17.0. The van der Waals surface area contributed by atoms with Gasteiger partial charge in [-0.3, -0.25) is 16.8 Å². The Kier molecular flexibility index (Phi) is 6.83. The summed E-state index contributed by atoms with van der Waals surface area (Å²) in [6.45, 7) is 2.19. The van der Waals surface area contributed by atoms with E-state index in [1.165, 1.54) is 14.7 Å². The molecule has 0 aromatic heterocycles. The van der Waals surface area contributed by atoms with E-state index in [0.29, 0.717) is 5.92 Å². The number of nitrogens with two attached hydrogens (primary N) is 6. The second kappa shape index (κ2) is 8.13. The van der Waals surface area contributed by atoms with Crippen molar-refractivity contribution in [3.63, 3.8) is 0 Å². The maximum atomic E-state index is 6.08. The average molecular weight is 461 g/mol. The molecule has 13 N–H and O–H groups in total. The van der Waals surface area contributed by atoms with Crippen molar-refractivity contribution < 1.29 is 0 Å². The van der Waals surface area contributed by atoms with Gasteiger partial charge in [-0.2, -0.15) is 0 Å². The smallest absolute Gasteiger partial charge is 0.153 e. The van der Waals surface area contributed by atoms with Crippen LogP contribution in [0.2, 0.25) is 0 Å². The zero-order valence-electron chi connectivity index (χ0n) is 14.8. The molecule has 1 fully saturated rings. The molecule has 0 amide bonds. The predicted octanol–water partition coefficient (Wildman–Crippen LogP) is -0.102. The molecule has 1 aromatic carbocycles. The molecule has 0 bridgehead atoms. The third-order valence-electron chi connectivity index (χ3n) is 5.36. The van der Waals surface area contributed by atoms with E-state index in [4.69, 9.17) is 34.4 Å². The minimum Gasteiger partial charge on any atom is -0.313 e. The Hall–Kier alpha value is -0.330. The summed E-state index contributed by atoms with van der Waals surface area (Å²) in [4.78, 5) is 0. The maximum Gasteiger partial charge on any atom is 0.153 e. The summed E-state index contributed by atoms with van der Waals surface area (Å²) in [5.74, 6) is -0.973. The molecule has 7 nitrogen and oxygen atoms in total. The van der Waals surface area contributed by atoms with Gasteiger partial charge in [-0.15, -0.1) is 0 Å². The quantitative estimate of drug-likeness (QED) is 0.229. The van der Waals surface area contributed by atoms with Crippen molar-refractivity contribution in [3.8, 4) is 0 Å². The zero-order chi connectivity index (χ0) is 18.8. The first-order chi connectivity index (χ1) is 11.6. The highest BCUT2D eigenvalue weighted by Crippen LogP contribution is 2.34. The van der Waals surface area contributed by atoms with Crippen molar-refractivity contribution in [2.75, 3.05) is 0 Å². The van der Waals surface area contributed by atoms with E-state index in [0.717, 1.165) is 32.1 Å². The molecular weight excluding hydrogens is 429 g/mol. The van der Waals surface area contributed by atoms with Gasteiger partial charge in [0.05, 0.1) is 6.17 Å². The third kappa shape index (κ3) is 4.69. The number of benzene rings is 1. The normalized spacial score (nSPS) is 22.4. The Bertz CT molecular complexity index is 580. The summed E-state index contributed by atoms with van der Waals surface area (Å²) in [5, 5.41) is 3.16. The van der Waals surface area contributed by atoms with Gasteiger partial charge in [-0.1, -0.05) is 19.1 Å². The molecule has 0 radical (unpaired) electrons. The van der Waals surface area contributed by atoms with Crippen LogP contribution in [0.25, 0.3) is 0 Å². The van der Waals surface area contributed by atoms with E-state index < -0.39 is 17.6 Å². The van der Waals surface area contributed by atoms with E-state index in [9.17, 15) is 0 Å². The summed E-state index contributed by atoms with van der Waals surface area (Å²) in [6, 6.07) is 6.94. The summed E-state index contributed by atoms with van der Waals surface area (Å²) < 4.78 is 1.33. The van der Waals surface area contributed by atoms with Gasteiger partial charge in [0.2, 0.25) is 0 Å². The van der Waals surface area contributed by atoms with E-state index in [1.54, 1.807) is 0 Å². The van der Waals surface area contributed by atoms with Crippen LogP contribution in [0.4, 0.5) is 0 Å². The SMILES string of the molecule is CCc1cc(C2CCC(NC(N)(N)C(N)(N)C(N)N)CC2)ccc1I. The molecule has 1 aliphatic rings. The minimum atomic E-state index is -1.60. The molecule has 1 aromatic rings. The topological polar surface area (TPSA) is 168 Å². The molecule has 8 heteroatoms. The van der Waals surface area contributed by atoms with Crippen LogP contribution >= 0.6 is 22.6 Å². The van der Waals surface area contributed by atoms with Crippen LogP contribution in [0.3, 0.4) is 0 Å². The Morgan fingerprint density at radius 2 is 1.72 bits per heavy atom. The molecule has 142 valence electrons. The lowest BCUT2D eigenvalue weighted by atomic mass is 9.80. The summed E-state index contributed by atoms with van der Waals surface area (Å²) in [5.41, 5.74) is 36.5. The van der Waals surface area contributed by atoms with Crippen LogP contribution in [0.15, 0.2) is 18.2 Å². The molecule has 1 aliphatic carbocycles. The number of halogens is 1. The second-order valence-electron chi connectivity index (χ2n) is 7.23. The maximum absolute atomic E-state index is 6.08. The summed E-state index contributed by atoms with van der Waals surface area (Å²) in [7, 11) is 0. The number of rotatable bonds is 6. The molecule has 2 rings (SSSR count). The monoisotopic (exact) mass is 461 g/mol. The lowest BCUT2D eigenvalue weighted by Crippen LogP contribution is -2.89. The predicted molar refractivity (Wildman–Crippen MR) is 111 cm³/mol. The Balaban J connectivity index is 1.98. The Morgan fingerprint density at radius 1 is 1.12 bits per heavy atom. The lowest BCUT2D eigenvalue weighted by Gasteiger charge is -2.45. The van der Waals surface area contributed by atoms with Crippen LogP contribution in [0.1, 0.15) is 49.7 Å². The first-order valence-corrected chi connectivity index (χ1v) is 9.89. The van der Waals surface area contributed by atoms with E-state index >= 15 is 0 Å². The van der Waals surface area contributed by atoms with Crippen molar-refractivity contribution >= 4 is 22.6 Å². The van der Waals surface area contributed by atoms with Crippen molar-refractivity contribution in [2.45, 2.75) is 68.6 Å². The van der Waals surface area contributed by atoms with Gasteiger partial charge in [0.25, 0.3) is 0 Å². The standard InChI is InChI=1S/C17H32IN7/c1-2-10-9-12(5-8-14(10)18)11-3-6-13(7-4-11)25-17(23,24)16(21,22)15(19)20/h5,8-9,11,13,15,25H,2-4,6-7,19-24H2,1H3. The number of aryl methyl sites for hydroxylation is 1. The van der Waals surface area contributed by atoms with Gasteiger partial charge in [-0.05, 0) is 77.8 Å². The highest BCUT2D eigenvalue weighted by Gasteiger charge is 2.45. The van der Waals surface area contributed by atoms with Crippen molar-refractivity contribution in [1.29, 1.82) is 0 Å². The molecule has 0 aliphatic heterocycles. The van der Waals surface area contributed by atoms with Gasteiger partial charge in [0, 0.05) is 9.61 Å². The number of hydrogen-bond donors (Lipinski definition) is 7. The van der Waals surface area contributed by atoms with E-state index in [2.05, 4.69) is 53.0 Å². The van der Waals surface area contributed by atoms with Gasteiger partial charge < -0.3 is 22.9 Å². The average Bonchev–Trinajstić information content (AvgIpc) is 2.55. The molecule has 0 unspecified atom stereocenters. The molecule has 0 spiro atoms. The van der Waals surface area contributed by atoms with Crippen LogP contribution < -0.4 is 39.7 Å². The van der Waals surface area contributed by atoms with Crippen LogP contribution in [-0.4, -0.2) is 23.7 Å². The van der Waals surface area contributed by atoms with Crippen molar-refractivity contribution in [3.05, 3.63) is 32.9 Å². The fourth-order valence-corrected chi connectivity index (χ4v) is 4.15. The molecular formula is C17H32IN7. The minimum absolute atomic E-state index is 0.144. The molecule has 0 heterocycles. The second-order valence-corrected chi connectivity index (χ2v) is 8.39. The van der Waals surface area contributed by atoms with Crippen LogP contribution in [0, 0.1) is 3.57 Å². The van der Waals surface area contributed by atoms with Gasteiger partial charge in [0.15, 0.2) is 5.79 Å². The van der Waals surface area contributed by atoms with Crippen molar-refractivity contribution in [1.82, 2.24) is 5.32 Å². The molecule has 0 saturated heterocycles. The fourth-order valence-electron chi connectivity index (χ4n) is 3.43. The van der Waals surface area contributed by atoms with Crippen LogP contribution in [0.5, 0.6) is 0 Å². The van der Waals surface area contributed by atoms with E-state index in [1.807, 2.05) is 0 Å². The fraction of sp³-hybridized carbons (Fsp3) is 0.647.